The molecule has 1 N–H and O–H groups in total. The number of benzene rings is 1. The monoisotopic (exact) mass is 262 g/mol. The van der Waals surface area contributed by atoms with Gasteiger partial charge in [-0.05, 0) is 43.7 Å². The molecule has 3 heteroatoms. The highest BCUT2D eigenvalue weighted by Crippen LogP contribution is 2.33. The second-order valence-electron chi connectivity index (χ2n) is 5.21. The van der Waals surface area contributed by atoms with Crippen molar-refractivity contribution >= 4 is 17.4 Å². The van der Waals surface area contributed by atoms with E-state index in [1.807, 2.05) is 11.8 Å². The lowest BCUT2D eigenvalue weighted by Gasteiger charge is -2.23. The lowest BCUT2D eigenvalue weighted by atomic mass is 10.1. The van der Waals surface area contributed by atoms with Crippen LogP contribution < -0.4 is 5.32 Å². The minimum absolute atomic E-state index is 0.658. The summed E-state index contributed by atoms with van der Waals surface area (Å²) in [5.41, 5.74) is 1.34. The van der Waals surface area contributed by atoms with Gasteiger partial charge in [-0.15, -0.1) is 11.8 Å². The summed E-state index contributed by atoms with van der Waals surface area (Å²) in [6, 6.07) is 10.2. The molecule has 2 nitrogen and oxygen atoms in total. The van der Waals surface area contributed by atoms with Gasteiger partial charge in [-0.3, -0.25) is 4.90 Å². The molecule has 2 heterocycles. The lowest BCUT2D eigenvalue weighted by molar-refractivity contribution is 0.318. The summed E-state index contributed by atoms with van der Waals surface area (Å²) >= 11 is 1.93. The molecule has 18 heavy (non-hydrogen) atoms. The molecular formula is C15H22N2S. The maximum Gasteiger partial charge on any atom is 0.0481 e. The van der Waals surface area contributed by atoms with Crippen LogP contribution in [0.25, 0.3) is 0 Å². The third-order valence-electron chi connectivity index (χ3n) is 4.13. The first kappa shape index (κ1) is 12.4. The molecule has 2 fully saturated rings. The number of thioether (sulfide) groups is 1. The van der Waals surface area contributed by atoms with E-state index in [1.165, 1.54) is 42.9 Å². The Balaban J connectivity index is 1.72. The third kappa shape index (κ3) is 2.39. The predicted molar refractivity (Wildman–Crippen MR) is 79.5 cm³/mol. The second kappa shape index (κ2) is 5.54. The van der Waals surface area contributed by atoms with Crippen molar-refractivity contribution in [3.05, 3.63) is 24.3 Å². The number of rotatable bonds is 4. The summed E-state index contributed by atoms with van der Waals surface area (Å²) in [4.78, 5) is 4.06. The Bertz CT molecular complexity index is 407. The zero-order valence-corrected chi connectivity index (χ0v) is 11.9. The van der Waals surface area contributed by atoms with Gasteiger partial charge in [0.1, 0.15) is 0 Å². The van der Waals surface area contributed by atoms with Crippen LogP contribution in [0.15, 0.2) is 29.2 Å². The van der Waals surface area contributed by atoms with Gasteiger partial charge in [0.2, 0.25) is 0 Å². The Labute approximate surface area is 114 Å². The summed E-state index contributed by atoms with van der Waals surface area (Å²) in [6.45, 7) is 4.81. The molecule has 1 aromatic rings. The standard InChI is InChI=1S/C15H22N2S/c1-2-18-15-8-4-3-6-13(15)16-12-9-11-17-10-5-7-14(12)17/h3-4,6,8,12,14,16H,2,5,7,9-11H2,1H3. The highest BCUT2D eigenvalue weighted by molar-refractivity contribution is 7.99. The highest BCUT2D eigenvalue weighted by atomic mass is 32.2. The molecule has 0 amide bonds. The van der Waals surface area contributed by atoms with Crippen molar-refractivity contribution in [2.24, 2.45) is 0 Å². The van der Waals surface area contributed by atoms with Gasteiger partial charge in [0.15, 0.2) is 0 Å². The summed E-state index contributed by atoms with van der Waals surface area (Å²) in [6.07, 6.45) is 4.06. The Morgan fingerprint density at radius 1 is 1.28 bits per heavy atom. The first-order chi connectivity index (χ1) is 8.88. The number of anilines is 1. The molecule has 2 atom stereocenters. The predicted octanol–water partition coefficient (Wildman–Crippen LogP) is 3.45. The van der Waals surface area contributed by atoms with Gasteiger partial charge in [-0.1, -0.05) is 19.1 Å². The first-order valence-electron chi connectivity index (χ1n) is 7.11. The normalized spacial score (nSPS) is 27.4. The summed E-state index contributed by atoms with van der Waals surface area (Å²) in [5, 5.41) is 3.80. The van der Waals surface area contributed by atoms with Gasteiger partial charge in [0.25, 0.3) is 0 Å². The largest absolute Gasteiger partial charge is 0.380 e. The van der Waals surface area contributed by atoms with Gasteiger partial charge < -0.3 is 5.32 Å². The first-order valence-corrected chi connectivity index (χ1v) is 8.09. The zero-order chi connectivity index (χ0) is 12.4. The summed E-state index contributed by atoms with van der Waals surface area (Å²) in [7, 11) is 0. The van der Waals surface area contributed by atoms with Crippen LogP contribution in [0.4, 0.5) is 5.69 Å². The van der Waals surface area contributed by atoms with Crippen LogP contribution in [0.5, 0.6) is 0 Å². The Morgan fingerprint density at radius 3 is 3.06 bits per heavy atom. The quantitative estimate of drug-likeness (QED) is 0.837. The van der Waals surface area contributed by atoms with E-state index < -0.39 is 0 Å². The molecule has 2 aliphatic heterocycles. The van der Waals surface area contributed by atoms with Crippen molar-refractivity contribution in [1.29, 1.82) is 0 Å². The van der Waals surface area contributed by atoms with Crippen LogP contribution in [-0.2, 0) is 0 Å². The van der Waals surface area contributed by atoms with Crippen LogP contribution in [0, 0.1) is 0 Å². The van der Waals surface area contributed by atoms with Crippen LogP contribution in [-0.4, -0.2) is 35.8 Å². The molecule has 1 aromatic carbocycles. The molecule has 0 aromatic heterocycles. The molecule has 0 spiro atoms. The van der Waals surface area contributed by atoms with Gasteiger partial charge in [-0.2, -0.15) is 0 Å². The minimum atomic E-state index is 0.658. The number of nitrogens with one attached hydrogen (secondary N) is 1. The SMILES string of the molecule is CCSc1ccccc1NC1CCN2CCCC12. The van der Waals surface area contributed by atoms with Crippen LogP contribution in [0.3, 0.4) is 0 Å². The molecule has 0 saturated carbocycles. The maximum atomic E-state index is 3.80. The van der Waals surface area contributed by atoms with E-state index in [0.717, 1.165) is 11.8 Å². The topological polar surface area (TPSA) is 15.3 Å². The Hall–Kier alpha value is -0.670. The van der Waals surface area contributed by atoms with E-state index in [-0.39, 0.29) is 0 Å². The number of fused-ring (bicyclic) bond motifs is 1. The van der Waals surface area contributed by atoms with E-state index in [4.69, 9.17) is 0 Å². The smallest absolute Gasteiger partial charge is 0.0481 e. The molecule has 98 valence electrons. The van der Waals surface area contributed by atoms with Gasteiger partial charge in [0, 0.05) is 29.2 Å². The van der Waals surface area contributed by atoms with E-state index in [1.54, 1.807) is 0 Å². The van der Waals surface area contributed by atoms with E-state index in [0.29, 0.717) is 6.04 Å². The summed E-state index contributed by atoms with van der Waals surface area (Å²) < 4.78 is 0. The van der Waals surface area contributed by atoms with Crippen molar-refractivity contribution in [2.45, 2.75) is 43.2 Å². The van der Waals surface area contributed by atoms with Crippen molar-refractivity contribution < 1.29 is 0 Å². The average Bonchev–Trinajstić information content (AvgIpc) is 2.97. The van der Waals surface area contributed by atoms with Crippen LogP contribution in [0.1, 0.15) is 26.2 Å². The maximum absolute atomic E-state index is 3.80. The van der Waals surface area contributed by atoms with Crippen molar-refractivity contribution in [2.75, 3.05) is 24.2 Å². The van der Waals surface area contributed by atoms with Crippen molar-refractivity contribution in [3.8, 4) is 0 Å². The van der Waals surface area contributed by atoms with Crippen molar-refractivity contribution in [1.82, 2.24) is 4.90 Å². The fourth-order valence-electron chi connectivity index (χ4n) is 3.32. The highest BCUT2D eigenvalue weighted by Gasteiger charge is 2.37. The van der Waals surface area contributed by atoms with Crippen molar-refractivity contribution in [3.63, 3.8) is 0 Å². The van der Waals surface area contributed by atoms with E-state index in [2.05, 4.69) is 41.4 Å². The van der Waals surface area contributed by atoms with Gasteiger partial charge in [-0.25, -0.2) is 0 Å². The number of hydrogen-bond acceptors (Lipinski definition) is 3. The second-order valence-corrected chi connectivity index (χ2v) is 6.52. The molecule has 0 aliphatic carbocycles. The number of nitrogens with zero attached hydrogens (tertiary/aromatic N) is 1. The van der Waals surface area contributed by atoms with Gasteiger partial charge in [0.05, 0.1) is 0 Å². The number of para-hydroxylation sites is 1. The molecule has 2 aliphatic rings. The lowest BCUT2D eigenvalue weighted by Crippen LogP contribution is -2.33. The molecular weight excluding hydrogens is 240 g/mol. The molecule has 3 rings (SSSR count). The zero-order valence-electron chi connectivity index (χ0n) is 11.1. The van der Waals surface area contributed by atoms with E-state index >= 15 is 0 Å². The third-order valence-corrected chi connectivity index (χ3v) is 5.09. The Kier molecular flexibility index (Phi) is 3.80. The molecule has 0 radical (unpaired) electrons. The fraction of sp³-hybridized carbons (Fsp3) is 0.600. The summed E-state index contributed by atoms with van der Waals surface area (Å²) in [5.74, 6) is 1.14. The molecule has 2 unspecified atom stereocenters. The number of hydrogen-bond donors (Lipinski definition) is 1. The minimum Gasteiger partial charge on any atom is -0.380 e. The Morgan fingerprint density at radius 2 is 2.17 bits per heavy atom. The molecule has 0 bridgehead atoms. The van der Waals surface area contributed by atoms with Crippen LogP contribution >= 0.6 is 11.8 Å². The van der Waals surface area contributed by atoms with Gasteiger partial charge >= 0.3 is 0 Å². The van der Waals surface area contributed by atoms with Crippen LogP contribution in [0.2, 0.25) is 0 Å². The molecule has 2 saturated heterocycles. The fourth-order valence-corrected chi connectivity index (χ4v) is 4.09. The van der Waals surface area contributed by atoms with E-state index in [9.17, 15) is 0 Å². The average molecular weight is 262 g/mol.